The number of nitrogens with one attached hydrogen (secondary N) is 1. The lowest BCUT2D eigenvalue weighted by molar-refractivity contribution is 1.43. The van der Waals surface area contributed by atoms with Gasteiger partial charge in [0.15, 0.2) is 0 Å². The zero-order chi connectivity index (χ0) is 5.21. The van der Waals surface area contributed by atoms with E-state index in [1.54, 1.807) is 0 Å². The lowest BCUT2D eigenvalue weighted by Gasteiger charge is -2.09. The second-order valence-corrected chi connectivity index (χ2v) is 7.60. The summed E-state index contributed by atoms with van der Waals surface area (Å²) in [6.07, 6.45) is 0. The van der Waals surface area contributed by atoms with Crippen molar-refractivity contribution in [3.63, 3.8) is 0 Å². The van der Waals surface area contributed by atoms with Gasteiger partial charge < -0.3 is 0 Å². The van der Waals surface area contributed by atoms with Crippen LogP contribution in [0.25, 0.3) is 0 Å². The van der Waals surface area contributed by atoms with Gasteiger partial charge in [0.1, 0.15) is 8.24 Å². The number of halogens is 1. The largest absolute Gasteiger partial charge is 0.255 e. The Hall–Kier alpha value is 0.467. The maximum Gasteiger partial charge on any atom is 0.133 e. The van der Waals surface area contributed by atoms with Crippen LogP contribution in [0.4, 0.5) is 0 Å². The standard InChI is InChI=1S/C3H10ClNSi/c1-6(2,3)5-4/h5H,1-3H3. The van der Waals surface area contributed by atoms with Crippen molar-refractivity contribution < 1.29 is 0 Å². The third-order valence-electron chi connectivity index (χ3n) is 0.283. The molecule has 0 amide bonds. The van der Waals surface area contributed by atoms with E-state index in [0.717, 1.165) is 0 Å². The fraction of sp³-hybridized carbons (Fsp3) is 1.00. The molecule has 0 bridgehead atoms. The number of hydrogen-bond acceptors (Lipinski definition) is 1. The number of hydrogen-bond donors (Lipinski definition) is 1. The van der Waals surface area contributed by atoms with Crippen molar-refractivity contribution in [3.8, 4) is 0 Å². The average molecular weight is 124 g/mol. The van der Waals surface area contributed by atoms with Gasteiger partial charge in [-0.05, 0) is 11.8 Å². The summed E-state index contributed by atoms with van der Waals surface area (Å²) in [6.45, 7) is 6.42. The van der Waals surface area contributed by atoms with Gasteiger partial charge in [0.05, 0.1) is 0 Å². The summed E-state index contributed by atoms with van der Waals surface area (Å²) < 4.78 is 2.72. The summed E-state index contributed by atoms with van der Waals surface area (Å²) in [5, 5.41) is 0. The molecular formula is C3H10ClNSi. The molecule has 0 saturated heterocycles. The van der Waals surface area contributed by atoms with Crippen LogP contribution >= 0.6 is 11.8 Å². The molecule has 0 radical (unpaired) electrons. The summed E-state index contributed by atoms with van der Waals surface area (Å²) in [5.41, 5.74) is 0. The maximum atomic E-state index is 5.29. The molecule has 0 aliphatic heterocycles. The minimum absolute atomic E-state index is 1.12. The van der Waals surface area contributed by atoms with E-state index >= 15 is 0 Å². The van der Waals surface area contributed by atoms with Gasteiger partial charge in [-0.25, -0.2) is 0 Å². The van der Waals surface area contributed by atoms with Crippen LogP contribution in [0.15, 0.2) is 0 Å². The molecule has 0 unspecified atom stereocenters. The Bertz CT molecular complexity index is 40.5. The quantitative estimate of drug-likeness (QED) is 0.412. The van der Waals surface area contributed by atoms with Gasteiger partial charge in [-0.1, -0.05) is 19.6 Å². The monoisotopic (exact) mass is 123 g/mol. The fourth-order valence-electron chi connectivity index (χ4n) is 0. The number of rotatable bonds is 1. The molecular weight excluding hydrogens is 114 g/mol. The average Bonchev–Trinajstić information content (AvgIpc) is 1.35. The van der Waals surface area contributed by atoms with Crippen LogP contribution in [0.5, 0.6) is 0 Å². The van der Waals surface area contributed by atoms with Gasteiger partial charge in [0.2, 0.25) is 0 Å². The first-order valence-electron chi connectivity index (χ1n) is 1.94. The summed E-state index contributed by atoms with van der Waals surface area (Å²) in [6, 6.07) is 0. The van der Waals surface area contributed by atoms with E-state index in [2.05, 4.69) is 24.1 Å². The molecule has 38 valence electrons. The predicted molar refractivity (Wildman–Crippen MR) is 32.3 cm³/mol. The Balaban J connectivity index is 3.17. The van der Waals surface area contributed by atoms with E-state index in [4.69, 9.17) is 11.8 Å². The molecule has 0 heterocycles. The van der Waals surface area contributed by atoms with Crippen LogP contribution in [0.2, 0.25) is 19.6 Å². The summed E-state index contributed by atoms with van der Waals surface area (Å²) in [7, 11) is -1.12. The summed E-state index contributed by atoms with van der Waals surface area (Å²) in [4.78, 5) is 0. The molecule has 6 heavy (non-hydrogen) atoms. The van der Waals surface area contributed by atoms with Gasteiger partial charge in [0.25, 0.3) is 0 Å². The van der Waals surface area contributed by atoms with Crippen LogP contribution in [0.3, 0.4) is 0 Å². The molecule has 0 rings (SSSR count). The van der Waals surface area contributed by atoms with Gasteiger partial charge >= 0.3 is 0 Å². The van der Waals surface area contributed by atoms with Crippen LogP contribution in [-0.4, -0.2) is 8.24 Å². The Morgan fingerprint density at radius 1 is 1.33 bits per heavy atom. The van der Waals surface area contributed by atoms with Crippen molar-refractivity contribution in [2.24, 2.45) is 0 Å². The Morgan fingerprint density at radius 3 is 1.50 bits per heavy atom. The highest BCUT2D eigenvalue weighted by molar-refractivity contribution is 6.78. The van der Waals surface area contributed by atoms with Gasteiger partial charge in [-0.3, -0.25) is 4.50 Å². The zero-order valence-electron chi connectivity index (χ0n) is 4.38. The Labute approximate surface area is 44.9 Å². The molecule has 3 heteroatoms. The second kappa shape index (κ2) is 1.96. The van der Waals surface area contributed by atoms with Crippen molar-refractivity contribution in [3.05, 3.63) is 0 Å². The Kier molecular flexibility index (Phi) is 2.11. The van der Waals surface area contributed by atoms with E-state index in [9.17, 15) is 0 Å². The molecule has 0 aromatic carbocycles. The topological polar surface area (TPSA) is 12.0 Å². The minimum atomic E-state index is -1.12. The highest BCUT2D eigenvalue weighted by Gasteiger charge is 2.08. The van der Waals surface area contributed by atoms with E-state index < -0.39 is 8.24 Å². The predicted octanol–water partition coefficient (Wildman–Crippen LogP) is 1.56. The van der Waals surface area contributed by atoms with Gasteiger partial charge in [0, 0.05) is 0 Å². The van der Waals surface area contributed by atoms with Crippen LogP contribution < -0.4 is 4.50 Å². The molecule has 0 atom stereocenters. The molecule has 1 N–H and O–H groups in total. The maximum absolute atomic E-state index is 5.29. The molecule has 0 aromatic heterocycles. The van der Waals surface area contributed by atoms with E-state index in [1.807, 2.05) is 0 Å². The summed E-state index contributed by atoms with van der Waals surface area (Å²) >= 11 is 5.29. The van der Waals surface area contributed by atoms with Crippen molar-refractivity contribution in [2.75, 3.05) is 0 Å². The summed E-state index contributed by atoms with van der Waals surface area (Å²) in [5.74, 6) is 0. The third-order valence-corrected chi connectivity index (χ3v) is 2.55. The van der Waals surface area contributed by atoms with Crippen molar-refractivity contribution in [1.29, 1.82) is 0 Å². The highest BCUT2D eigenvalue weighted by Crippen LogP contribution is 1.93. The lowest BCUT2D eigenvalue weighted by Crippen LogP contribution is -2.33. The first kappa shape index (κ1) is 6.47. The SMILES string of the molecule is C[Si](C)(C)NCl. The third kappa shape index (κ3) is 4.47. The molecule has 0 aliphatic rings. The lowest BCUT2D eigenvalue weighted by atomic mass is 11.8. The first-order chi connectivity index (χ1) is 2.56. The van der Waals surface area contributed by atoms with Crippen molar-refractivity contribution >= 4 is 20.0 Å². The fourth-order valence-corrected chi connectivity index (χ4v) is 0. The van der Waals surface area contributed by atoms with Crippen molar-refractivity contribution in [2.45, 2.75) is 19.6 Å². The molecule has 0 aliphatic carbocycles. The van der Waals surface area contributed by atoms with Crippen LogP contribution in [0, 0.1) is 0 Å². The molecule has 0 aromatic rings. The molecule has 1 nitrogen and oxygen atoms in total. The van der Waals surface area contributed by atoms with E-state index in [-0.39, 0.29) is 0 Å². The van der Waals surface area contributed by atoms with Crippen LogP contribution in [0.1, 0.15) is 0 Å². The smallest absolute Gasteiger partial charge is 0.133 e. The first-order valence-corrected chi connectivity index (χ1v) is 5.82. The van der Waals surface area contributed by atoms with Crippen LogP contribution in [-0.2, 0) is 0 Å². The van der Waals surface area contributed by atoms with E-state index in [1.165, 1.54) is 0 Å². The van der Waals surface area contributed by atoms with Gasteiger partial charge in [-0.2, -0.15) is 0 Å². The highest BCUT2D eigenvalue weighted by atomic mass is 35.5. The van der Waals surface area contributed by atoms with Gasteiger partial charge in [-0.15, -0.1) is 0 Å². The molecule has 0 saturated carbocycles. The molecule has 0 fully saturated rings. The van der Waals surface area contributed by atoms with Crippen molar-refractivity contribution in [1.82, 2.24) is 4.50 Å². The normalized spacial score (nSPS) is 12.0. The Morgan fingerprint density at radius 2 is 1.50 bits per heavy atom. The molecule has 0 spiro atoms. The second-order valence-electron chi connectivity index (χ2n) is 2.34. The van der Waals surface area contributed by atoms with E-state index in [0.29, 0.717) is 0 Å². The minimum Gasteiger partial charge on any atom is -0.255 e. The zero-order valence-corrected chi connectivity index (χ0v) is 6.13.